The molecule has 0 aromatic heterocycles. The summed E-state index contributed by atoms with van der Waals surface area (Å²) in [6.07, 6.45) is 4.39. The van der Waals surface area contributed by atoms with Gasteiger partial charge in [0, 0.05) is 11.1 Å². The third kappa shape index (κ3) is 3.38. The molecule has 1 heteroatoms. The molecule has 2 aromatic rings. The van der Waals surface area contributed by atoms with Crippen LogP contribution in [0.5, 0.6) is 5.75 Å². The zero-order valence-corrected chi connectivity index (χ0v) is 16.4. The van der Waals surface area contributed by atoms with Crippen molar-refractivity contribution in [3.63, 3.8) is 0 Å². The largest absolute Gasteiger partial charge is 0.507 e. The molecule has 132 valence electrons. The van der Waals surface area contributed by atoms with E-state index in [2.05, 4.69) is 84.0 Å². The van der Waals surface area contributed by atoms with Crippen molar-refractivity contribution >= 4 is 5.57 Å². The van der Waals surface area contributed by atoms with Gasteiger partial charge in [0.25, 0.3) is 0 Å². The van der Waals surface area contributed by atoms with Crippen LogP contribution in [0.15, 0.2) is 42.5 Å². The molecule has 1 nitrogen and oxygen atoms in total. The molecular formula is C24H30O. The summed E-state index contributed by atoms with van der Waals surface area (Å²) in [4.78, 5) is 0. The molecule has 1 aliphatic carbocycles. The molecule has 0 spiro atoms. The fraction of sp³-hybridized carbons (Fsp3) is 0.417. The Labute approximate surface area is 152 Å². The van der Waals surface area contributed by atoms with Gasteiger partial charge >= 0.3 is 0 Å². The van der Waals surface area contributed by atoms with Gasteiger partial charge in [-0.25, -0.2) is 0 Å². The summed E-state index contributed by atoms with van der Waals surface area (Å²) < 4.78 is 0. The van der Waals surface area contributed by atoms with Gasteiger partial charge in [0.15, 0.2) is 0 Å². The highest BCUT2D eigenvalue weighted by molar-refractivity contribution is 5.86. The smallest absolute Gasteiger partial charge is 0.127 e. The number of fused-ring (bicyclic) bond motifs is 1. The highest BCUT2D eigenvalue weighted by Gasteiger charge is 2.27. The average Bonchev–Trinajstić information content (AvgIpc) is 2.52. The predicted octanol–water partition coefficient (Wildman–Crippen LogP) is 6.37. The molecule has 0 aliphatic heterocycles. The summed E-state index contributed by atoms with van der Waals surface area (Å²) in [6, 6.07) is 13.0. The lowest BCUT2D eigenvalue weighted by Crippen LogP contribution is -2.17. The molecule has 0 unspecified atom stereocenters. The van der Waals surface area contributed by atoms with E-state index in [1.807, 2.05) is 0 Å². The van der Waals surface area contributed by atoms with Crippen molar-refractivity contribution in [3.8, 4) is 5.75 Å². The average molecular weight is 335 g/mol. The standard InChI is InChI=1S/C24H30O/c1-23(2,3)17-14-20(22(25)21(15-17)24(4,5)6)19-13-9-11-16-10-7-8-12-18(16)19/h7-8,10,12-15,25H,9,11H2,1-6H3. The predicted molar refractivity (Wildman–Crippen MR) is 107 cm³/mol. The second-order valence-electron chi connectivity index (χ2n) is 9.23. The molecule has 0 heterocycles. The van der Waals surface area contributed by atoms with Gasteiger partial charge in [-0.2, -0.15) is 0 Å². The number of rotatable bonds is 1. The number of phenolic OH excluding ortho intramolecular Hbond substituents is 1. The van der Waals surface area contributed by atoms with Crippen LogP contribution in [0.3, 0.4) is 0 Å². The first-order valence-corrected chi connectivity index (χ1v) is 9.26. The summed E-state index contributed by atoms with van der Waals surface area (Å²) in [6.45, 7) is 13.2. The van der Waals surface area contributed by atoms with Gasteiger partial charge in [0.2, 0.25) is 0 Å². The van der Waals surface area contributed by atoms with Crippen molar-refractivity contribution in [2.75, 3.05) is 0 Å². The van der Waals surface area contributed by atoms with Crippen LogP contribution in [-0.4, -0.2) is 5.11 Å². The van der Waals surface area contributed by atoms with Crippen molar-refractivity contribution in [2.24, 2.45) is 0 Å². The Hall–Kier alpha value is -2.02. The summed E-state index contributed by atoms with van der Waals surface area (Å²) >= 11 is 0. The van der Waals surface area contributed by atoms with E-state index < -0.39 is 0 Å². The first kappa shape index (κ1) is 17.8. The maximum atomic E-state index is 11.2. The molecule has 0 bridgehead atoms. The van der Waals surface area contributed by atoms with E-state index in [0.717, 1.165) is 24.0 Å². The van der Waals surface area contributed by atoms with E-state index in [-0.39, 0.29) is 10.8 Å². The normalized spacial score (nSPS) is 14.9. The van der Waals surface area contributed by atoms with Crippen molar-refractivity contribution in [1.82, 2.24) is 0 Å². The Balaban J connectivity index is 2.28. The summed E-state index contributed by atoms with van der Waals surface area (Å²) in [5.41, 5.74) is 7.02. The molecule has 0 saturated carbocycles. The van der Waals surface area contributed by atoms with E-state index in [4.69, 9.17) is 0 Å². The minimum Gasteiger partial charge on any atom is -0.507 e. The number of aryl methyl sites for hydroxylation is 1. The van der Waals surface area contributed by atoms with Crippen LogP contribution in [0.2, 0.25) is 0 Å². The van der Waals surface area contributed by atoms with Crippen LogP contribution < -0.4 is 0 Å². The maximum absolute atomic E-state index is 11.2. The van der Waals surface area contributed by atoms with Gasteiger partial charge in [-0.15, -0.1) is 0 Å². The lowest BCUT2D eigenvalue weighted by atomic mass is 9.76. The highest BCUT2D eigenvalue weighted by atomic mass is 16.3. The first-order valence-electron chi connectivity index (χ1n) is 9.26. The molecule has 0 fully saturated rings. The third-order valence-corrected chi connectivity index (χ3v) is 5.14. The van der Waals surface area contributed by atoms with Gasteiger partial charge in [0.1, 0.15) is 5.75 Å². The molecule has 0 saturated heterocycles. The fourth-order valence-electron chi connectivity index (χ4n) is 3.58. The van der Waals surface area contributed by atoms with Gasteiger partial charge in [-0.1, -0.05) is 78.0 Å². The second kappa shape index (κ2) is 6.05. The Morgan fingerprint density at radius 2 is 1.52 bits per heavy atom. The Morgan fingerprint density at radius 1 is 0.840 bits per heavy atom. The Bertz CT molecular complexity index is 826. The molecule has 0 radical (unpaired) electrons. The molecule has 1 N–H and O–H groups in total. The van der Waals surface area contributed by atoms with Crippen LogP contribution in [0.25, 0.3) is 5.57 Å². The van der Waals surface area contributed by atoms with Crippen molar-refractivity contribution in [2.45, 2.75) is 65.2 Å². The minimum absolute atomic E-state index is 0.0389. The Kier molecular flexibility index (Phi) is 4.31. The zero-order chi connectivity index (χ0) is 18.4. The molecule has 1 aliphatic rings. The minimum atomic E-state index is -0.102. The molecular weight excluding hydrogens is 304 g/mol. The monoisotopic (exact) mass is 334 g/mol. The molecule has 3 rings (SSSR count). The van der Waals surface area contributed by atoms with Crippen LogP contribution in [0.1, 0.15) is 75.8 Å². The van der Waals surface area contributed by atoms with E-state index in [9.17, 15) is 5.11 Å². The number of allylic oxidation sites excluding steroid dienone is 1. The quantitative estimate of drug-likeness (QED) is 0.643. The van der Waals surface area contributed by atoms with E-state index in [0.29, 0.717) is 5.75 Å². The topological polar surface area (TPSA) is 20.2 Å². The third-order valence-electron chi connectivity index (χ3n) is 5.14. The van der Waals surface area contributed by atoms with Crippen LogP contribution in [-0.2, 0) is 17.3 Å². The summed E-state index contributed by atoms with van der Waals surface area (Å²) in [5, 5.41) is 11.2. The van der Waals surface area contributed by atoms with E-state index >= 15 is 0 Å². The van der Waals surface area contributed by atoms with E-state index in [1.54, 1.807) is 0 Å². The molecule has 0 atom stereocenters. The fourth-order valence-corrected chi connectivity index (χ4v) is 3.58. The summed E-state index contributed by atoms with van der Waals surface area (Å²) in [5.74, 6) is 0.434. The number of aromatic hydroxyl groups is 1. The van der Waals surface area contributed by atoms with Gasteiger partial charge in [-0.3, -0.25) is 0 Å². The van der Waals surface area contributed by atoms with Crippen LogP contribution in [0, 0.1) is 0 Å². The van der Waals surface area contributed by atoms with Crippen molar-refractivity contribution < 1.29 is 5.11 Å². The molecule has 0 amide bonds. The SMILES string of the molecule is CC(C)(C)c1cc(C2=CCCc3ccccc32)c(O)c(C(C)(C)C)c1. The van der Waals surface area contributed by atoms with Crippen molar-refractivity contribution in [1.29, 1.82) is 0 Å². The Morgan fingerprint density at radius 3 is 2.16 bits per heavy atom. The summed E-state index contributed by atoms with van der Waals surface area (Å²) in [7, 11) is 0. The number of benzene rings is 2. The number of hydrogen-bond acceptors (Lipinski definition) is 1. The number of phenols is 1. The first-order chi connectivity index (χ1) is 11.6. The number of hydrogen-bond donors (Lipinski definition) is 1. The van der Waals surface area contributed by atoms with Gasteiger partial charge in [-0.05, 0) is 52.0 Å². The van der Waals surface area contributed by atoms with E-state index in [1.165, 1.54) is 22.3 Å². The molecule has 2 aromatic carbocycles. The van der Waals surface area contributed by atoms with Gasteiger partial charge < -0.3 is 5.11 Å². The lowest BCUT2D eigenvalue weighted by Gasteiger charge is -2.29. The van der Waals surface area contributed by atoms with Crippen LogP contribution in [0.4, 0.5) is 0 Å². The maximum Gasteiger partial charge on any atom is 0.127 e. The molecule has 25 heavy (non-hydrogen) atoms. The zero-order valence-electron chi connectivity index (χ0n) is 16.4. The van der Waals surface area contributed by atoms with Crippen LogP contribution >= 0.6 is 0 Å². The second-order valence-corrected chi connectivity index (χ2v) is 9.23. The van der Waals surface area contributed by atoms with Crippen molar-refractivity contribution in [3.05, 3.63) is 70.3 Å². The lowest BCUT2D eigenvalue weighted by molar-refractivity contribution is 0.443. The highest BCUT2D eigenvalue weighted by Crippen LogP contribution is 2.43. The van der Waals surface area contributed by atoms with Gasteiger partial charge in [0.05, 0.1) is 0 Å².